The molecule has 4 nitrogen and oxygen atoms in total. The van der Waals surface area contributed by atoms with Crippen LogP contribution in [0.15, 0.2) is 0 Å². The van der Waals surface area contributed by atoms with Gasteiger partial charge in [0.1, 0.15) is 0 Å². The minimum Gasteiger partial charge on any atom is -0.296 e. The molecule has 1 aliphatic heterocycles. The minimum absolute atomic E-state index is 0.105. The number of nitrogens with one attached hydrogen (secondary N) is 1. The van der Waals surface area contributed by atoms with Crippen molar-refractivity contribution in [3.63, 3.8) is 0 Å². The van der Waals surface area contributed by atoms with E-state index in [0.29, 0.717) is 12.8 Å². The standard InChI is InChI=1S/C5H11O.C4H5NO2/c1-2-3-4-5-6;6-3-1-2-4(7)5-3/h2-5H2,1H3;1-2H2,(H,5,6,7). The van der Waals surface area contributed by atoms with E-state index in [4.69, 9.17) is 0 Å². The van der Waals surface area contributed by atoms with Gasteiger partial charge < -0.3 is 0 Å². The van der Waals surface area contributed by atoms with Crippen molar-refractivity contribution in [3.8, 4) is 0 Å². The lowest BCUT2D eigenvalue weighted by molar-refractivity contribution is -0.124. The lowest BCUT2D eigenvalue weighted by atomic mass is 10.3. The number of unbranched alkanes of at least 4 members (excludes halogenated alkanes) is 2. The van der Waals surface area contributed by atoms with E-state index >= 15 is 0 Å². The van der Waals surface area contributed by atoms with Crippen LogP contribution < -0.4 is 5.32 Å². The Bertz CT molecular complexity index is 150. The Morgan fingerprint density at radius 1 is 1.15 bits per heavy atom. The Morgan fingerprint density at radius 3 is 1.85 bits per heavy atom. The maximum absolute atomic E-state index is 10.1. The maximum Gasteiger partial charge on any atom is 0.227 e. The van der Waals surface area contributed by atoms with Gasteiger partial charge in [0.05, 0.1) is 6.61 Å². The quantitative estimate of drug-likeness (QED) is 0.528. The smallest absolute Gasteiger partial charge is 0.227 e. The third-order valence-corrected chi connectivity index (χ3v) is 1.61. The van der Waals surface area contributed by atoms with E-state index in [1.165, 1.54) is 0 Å². The SMILES string of the molecule is CCCCC[O].O=C1CCC(=O)N1. The third-order valence-electron chi connectivity index (χ3n) is 1.61. The molecule has 1 saturated heterocycles. The topological polar surface area (TPSA) is 66.1 Å². The summed E-state index contributed by atoms with van der Waals surface area (Å²) in [4.78, 5) is 20.2. The zero-order valence-electron chi connectivity index (χ0n) is 7.97. The molecule has 75 valence electrons. The molecule has 0 atom stereocenters. The van der Waals surface area contributed by atoms with Gasteiger partial charge in [-0.1, -0.05) is 19.8 Å². The number of hydrogen-bond acceptors (Lipinski definition) is 2. The second kappa shape index (κ2) is 7.73. The fourth-order valence-corrected chi connectivity index (χ4v) is 0.860. The molecule has 0 saturated carbocycles. The summed E-state index contributed by atoms with van der Waals surface area (Å²) in [6.07, 6.45) is 3.86. The van der Waals surface area contributed by atoms with Crippen molar-refractivity contribution in [1.29, 1.82) is 0 Å². The van der Waals surface area contributed by atoms with Gasteiger partial charge in [0.25, 0.3) is 0 Å². The molecule has 4 heteroatoms. The van der Waals surface area contributed by atoms with Gasteiger partial charge in [-0.3, -0.25) is 14.9 Å². The highest BCUT2D eigenvalue weighted by atomic mass is 16.3. The monoisotopic (exact) mass is 186 g/mol. The lowest BCUT2D eigenvalue weighted by Gasteiger charge is -1.84. The Morgan fingerprint density at radius 2 is 1.69 bits per heavy atom. The number of carbonyl (C=O) groups excluding carboxylic acids is 2. The molecule has 0 aliphatic carbocycles. The van der Waals surface area contributed by atoms with Crippen molar-refractivity contribution >= 4 is 11.8 Å². The molecular formula is C9H16NO3. The van der Waals surface area contributed by atoms with Crippen LogP contribution in [0, 0.1) is 0 Å². The molecule has 1 rings (SSSR count). The summed E-state index contributed by atoms with van der Waals surface area (Å²) in [6.45, 7) is 2.20. The van der Waals surface area contributed by atoms with Gasteiger partial charge in [0.15, 0.2) is 0 Å². The summed E-state index contributed by atoms with van der Waals surface area (Å²) in [5.74, 6) is -0.296. The van der Waals surface area contributed by atoms with Gasteiger partial charge >= 0.3 is 0 Å². The van der Waals surface area contributed by atoms with Crippen LogP contribution >= 0.6 is 0 Å². The number of amides is 2. The van der Waals surface area contributed by atoms with Crippen molar-refractivity contribution in [3.05, 3.63) is 0 Å². The van der Waals surface area contributed by atoms with E-state index in [9.17, 15) is 14.7 Å². The van der Waals surface area contributed by atoms with Crippen LogP contribution in [-0.2, 0) is 14.7 Å². The van der Waals surface area contributed by atoms with Crippen LogP contribution in [0.1, 0.15) is 39.0 Å². The van der Waals surface area contributed by atoms with Crippen molar-refractivity contribution in [1.82, 2.24) is 5.32 Å². The molecule has 13 heavy (non-hydrogen) atoms. The number of carbonyl (C=O) groups is 2. The van der Waals surface area contributed by atoms with E-state index < -0.39 is 0 Å². The highest BCUT2D eigenvalue weighted by molar-refractivity contribution is 6.01. The van der Waals surface area contributed by atoms with Gasteiger partial charge in [0, 0.05) is 12.8 Å². The van der Waals surface area contributed by atoms with Gasteiger partial charge in [-0.25, -0.2) is 5.11 Å². The van der Waals surface area contributed by atoms with Gasteiger partial charge in [0.2, 0.25) is 11.8 Å². The van der Waals surface area contributed by atoms with Crippen molar-refractivity contribution < 1.29 is 14.7 Å². The lowest BCUT2D eigenvalue weighted by Crippen LogP contribution is -2.18. The molecule has 0 aromatic heterocycles. The molecule has 0 unspecified atom stereocenters. The van der Waals surface area contributed by atoms with Crippen LogP contribution in [0.4, 0.5) is 0 Å². The Hall–Kier alpha value is -0.900. The molecule has 1 N–H and O–H groups in total. The highest BCUT2D eigenvalue weighted by Gasteiger charge is 2.15. The molecule has 2 amide bonds. The first kappa shape index (κ1) is 12.1. The van der Waals surface area contributed by atoms with Crippen LogP contribution in [0.2, 0.25) is 0 Å². The predicted octanol–water partition coefficient (Wildman–Crippen LogP) is 1.03. The molecule has 1 heterocycles. The first-order valence-electron chi connectivity index (χ1n) is 4.61. The van der Waals surface area contributed by atoms with E-state index in [1.54, 1.807) is 0 Å². The van der Waals surface area contributed by atoms with Crippen LogP contribution in [-0.4, -0.2) is 18.4 Å². The van der Waals surface area contributed by atoms with E-state index in [1.807, 2.05) is 0 Å². The van der Waals surface area contributed by atoms with Crippen LogP contribution in [0.5, 0.6) is 0 Å². The molecule has 0 bridgehead atoms. The summed E-state index contributed by atoms with van der Waals surface area (Å²) in [5.41, 5.74) is 0. The summed E-state index contributed by atoms with van der Waals surface area (Å²) in [6, 6.07) is 0. The van der Waals surface area contributed by atoms with Gasteiger partial charge in [-0.2, -0.15) is 0 Å². The minimum atomic E-state index is -0.148. The second-order valence-corrected chi connectivity index (χ2v) is 2.88. The first-order valence-corrected chi connectivity index (χ1v) is 4.61. The van der Waals surface area contributed by atoms with Crippen molar-refractivity contribution in [2.45, 2.75) is 39.0 Å². The van der Waals surface area contributed by atoms with Gasteiger partial charge in [-0.15, -0.1) is 0 Å². The van der Waals surface area contributed by atoms with Crippen LogP contribution in [0.3, 0.4) is 0 Å². The number of imide groups is 1. The molecule has 0 aromatic carbocycles. The fraction of sp³-hybridized carbons (Fsp3) is 0.778. The van der Waals surface area contributed by atoms with Crippen molar-refractivity contribution in [2.24, 2.45) is 0 Å². The molecule has 0 spiro atoms. The Labute approximate surface area is 78.3 Å². The Balaban J connectivity index is 0.000000226. The maximum atomic E-state index is 10.1. The fourth-order valence-electron chi connectivity index (χ4n) is 0.860. The second-order valence-electron chi connectivity index (χ2n) is 2.88. The summed E-state index contributed by atoms with van der Waals surface area (Å²) >= 11 is 0. The first-order chi connectivity index (χ1) is 6.20. The zero-order chi connectivity index (χ0) is 10.1. The average molecular weight is 186 g/mol. The normalized spacial score (nSPS) is 14.9. The molecule has 1 fully saturated rings. The molecular weight excluding hydrogens is 170 g/mol. The van der Waals surface area contributed by atoms with E-state index in [0.717, 1.165) is 19.3 Å². The summed E-state index contributed by atoms with van der Waals surface area (Å²) in [7, 11) is 0. The zero-order valence-corrected chi connectivity index (χ0v) is 7.97. The van der Waals surface area contributed by atoms with E-state index in [2.05, 4.69) is 12.2 Å². The summed E-state index contributed by atoms with van der Waals surface area (Å²) < 4.78 is 0. The average Bonchev–Trinajstić information content (AvgIpc) is 2.47. The van der Waals surface area contributed by atoms with Crippen LogP contribution in [0.25, 0.3) is 0 Å². The van der Waals surface area contributed by atoms with E-state index in [-0.39, 0.29) is 18.4 Å². The molecule has 1 radical (unpaired) electrons. The Kier molecular flexibility index (Phi) is 7.20. The molecule has 0 aromatic rings. The molecule has 1 aliphatic rings. The third kappa shape index (κ3) is 7.46. The number of hydrogen-bond donors (Lipinski definition) is 1. The number of rotatable bonds is 3. The summed E-state index contributed by atoms with van der Waals surface area (Å²) in [5, 5.41) is 11.8. The van der Waals surface area contributed by atoms with Crippen molar-refractivity contribution in [2.75, 3.05) is 6.61 Å². The highest BCUT2D eigenvalue weighted by Crippen LogP contribution is 1.95. The van der Waals surface area contributed by atoms with Gasteiger partial charge in [-0.05, 0) is 6.42 Å². The largest absolute Gasteiger partial charge is 0.296 e. The predicted molar refractivity (Wildman–Crippen MR) is 47.5 cm³/mol.